The maximum absolute atomic E-state index is 12.3. The third kappa shape index (κ3) is 4.20. The number of para-hydroxylation sites is 1. The van der Waals surface area contributed by atoms with Crippen LogP contribution in [0, 0.1) is 18.3 Å². The molecule has 1 amide bonds. The minimum atomic E-state index is -0.179. The zero-order valence-corrected chi connectivity index (χ0v) is 12.9. The van der Waals surface area contributed by atoms with Crippen molar-refractivity contribution in [3.05, 3.63) is 42.1 Å². The van der Waals surface area contributed by atoms with E-state index in [4.69, 9.17) is 11.0 Å². The van der Waals surface area contributed by atoms with Crippen molar-refractivity contribution in [2.45, 2.75) is 12.1 Å². The van der Waals surface area contributed by atoms with E-state index in [1.165, 1.54) is 16.7 Å². The first-order valence-electron chi connectivity index (χ1n) is 6.56. The minimum Gasteiger partial charge on any atom is -0.384 e. The van der Waals surface area contributed by atoms with E-state index in [0.717, 1.165) is 5.69 Å². The van der Waals surface area contributed by atoms with Crippen LogP contribution in [0.3, 0.4) is 0 Å². The number of nitrogen functional groups attached to an aromatic ring is 1. The Kier molecular flexibility index (Phi) is 5.33. The molecule has 0 radical (unpaired) electrons. The van der Waals surface area contributed by atoms with Crippen molar-refractivity contribution in [1.82, 2.24) is 9.97 Å². The van der Waals surface area contributed by atoms with Gasteiger partial charge < -0.3 is 5.73 Å². The molecule has 0 fully saturated rings. The smallest absolute Gasteiger partial charge is 0.238 e. The highest BCUT2D eigenvalue weighted by atomic mass is 32.2. The molecule has 0 spiro atoms. The Hall–Kier alpha value is -2.59. The second-order valence-electron chi connectivity index (χ2n) is 4.48. The van der Waals surface area contributed by atoms with Gasteiger partial charge in [-0.25, -0.2) is 9.97 Å². The topological polar surface area (TPSA) is 95.9 Å². The van der Waals surface area contributed by atoms with Gasteiger partial charge in [0.2, 0.25) is 5.91 Å². The quantitative estimate of drug-likeness (QED) is 0.515. The molecule has 7 heteroatoms. The Morgan fingerprint density at radius 3 is 2.73 bits per heavy atom. The number of nitrogens with two attached hydrogens (primary N) is 1. The Morgan fingerprint density at radius 1 is 1.36 bits per heavy atom. The van der Waals surface area contributed by atoms with E-state index < -0.39 is 0 Å². The number of benzene rings is 1. The molecule has 22 heavy (non-hydrogen) atoms. The summed E-state index contributed by atoms with van der Waals surface area (Å²) in [7, 11) is 0. The van der Waals surface area contributed by atoms with Crippen LogP contribution in [0.2, 0.25) is 0 Å². The number of anilines is 2. The highest BCUT2D eigenvalue weighted by Gasteiger charge is 2.16. The van der Waals surface area contributed by atoms with Gasteiger partial charge in [-0.05, 0) is 19.1 Å². The Bertz CT molecular complexity index is 679. The van der Waals surface area contributed by atoms with Crippen molar-refractivity contribution >= 4 is 29.2 Å². The highest BCUT2D eigenvalue weighted by molar-refractivity contribution is 7.99. The molecule has 0 aliphatic carbocycles. The highest BCUT2D eigenvalue weighted by Crippen LogP contribution is 2.19. The number of nitriles is 1. The summed E-state index contributed by atoms with van der Waals surface area (Å²) in [5, 5.41) is 9.37. The van der Waals surface area contributed by atoms with Crippen LogP contribution in [-0.4, -0.2) is 28.2 Å². The lowest BCUT2D eigenvalue weighted by molar-refractivity contribution is -0.116. The number of carbonyl (C=O) groups is 1. The van der Waals surface area contributed by atoms with E-state index in [1.807, 2.05) is 31.2 Å². The average molecular weight is 313 g/mol. The van der Waals surface area contributed by atoms with Crippen LogP contribution in [0.1, 0.15) is 5.69 Å². The molecule has 1 aromatic carbocycles. The summed E-state index contributed by atoms with van der Waals surface area (Å²) in [4.78, 5) is 22.1. The zero-order valence-electron chi connectivity index (χ0n) is 12.1. The van der Waals surface area contributed by atoms with Gasteiger partial charge in [0.1, 0.15) is 12.4 Å². The number of aromatic nitrogens is 2. The summed E-state index contributed by atoms with van der Waals surface area (Å²) in [6, 6.07) is 12.8. The standard InChI is InChI=1S/C15H15N5OS/c1-11-9-13(17)19-15(18-11)22-10-14(21)20(8-7-16)12-5-3-2-4-6-12/h2-6,9H,8,10H2,1H3,(H2,17,18,19). The van der Waals surface area contributed by atoms with Crippen molar-refractivity contribution < 1.29 is 4.79 Å². The predicted octanol–water partition coefficient (Wildman–Crippen LogP) is 2.02. The summed E-state index contributed by atoms with van der Waals surface area (Å²) in [5.74, 6) is 0.334. The molecule has 2 aromatic rings. The third-order valence-electron chi connectivity index (χ3n) is 2.78. The summed E-state index contributed by atoms with van der Waals surface area (Å²) in [6.07, 6.45) is 0. The molecule has 0 saturated heterocycles. The lowest BCUT2D eigenvalue weighted by Gasteiger charge is -2.19. The molecule has 1 aromatic heterocycles. The van der Waals surface area contributed by atoms with Crippen LogP contribution >= 0.6 is 11.8 Å². The van der Waals surface area contributed by atoms with Crippen molar-refractivity contribution in [3.8, 4) is 6.07 Å². The monoisotopic (exact) mass is 313 g/mol. The maximum atomic E-state index is 12.3. The Labute approximate surface area is 133 Å². The first-order chi connectivity index (χ1) is 10.6. The number of carbonyl (C=O) groups excluding carboxylic acids is 1. The van der Waals surface area contributed by atoms with Crippen LogP contribution in [0.5, 0.6) is 0 Å². The van der Waals surface area contributed by atoms with Crippen LogP contribution in [0.4, 0.5) is 11.5 Å². The molecule has 0 aliphatic heterocycles. The lowest BCUT2D eigenvalue weighted by atomic mass is 10.3. The Morgan fingerprint density at radius 2 is 2.09 bits per heavy atom. The molecule has 1 heterocycles. The number of thioether (sulfide) groups is 1. The van der Waals surface area contributed by atoms with Gasteiger partial charge in [0.25, 0.3) is 0 Å². The van der Waals surface area contributed by atoms with Crippen molar-refractivity contribution in [2.24, 2.45) is 0 Å². The SMILES string of the molecule is Cc1cc(N)nc(SCC(=O)N(CC#N)c2ccccc2)n1. The molecule has 2 rings (SSSR count). The van der Waals surface area contributed by atoms with Crippen molar-refractivity contribution in [1.29, 1.82) is 5.26 Å². The number of amides is 1. The molecular formula is C15H15N5OS. The molecule has 0 saturated carbocycles. The third-order valence-corrected chi connectivity index (χ3v) is 3.61. The van der Waals surface area contributed by atoms with Crippen LogP contribution in [0.15, 0.2) is 41.6 Å². The molecule has 0 unspecified atom stereocenters. The fourth-order valence-corrected chi connectivity index (χ4v) is 2.62. The van der Waals surface area contributed by atoms with E-state index in [0.29, 0.717) is 16.7 Å². The van der Waals surface area contributed by atoms with Gasteiger partial charge in [-0.15, -0.1) is 0 Å². The van der Waals surface area contributed by atoms with E-state index >= 15 is 0 Å². The van der Waals surface area contributed by atoms with Gasteiger partial charge in [0.05, 0.1) is 11.8 Å². The maximum Gasteiger partial charge on any atom is 0.238 e. The van der Waals surface area contributed by atoms with E-state index in [9.17, 15) is 4.79 Å². The normalized spacial score (nSPS) is 10.0. The molecule has 0 atom stereocenters. The summed E-state index contributed by atoms with van der Waals surface area (Å²) in [6.45, 7) is 1.82. The van der Waals surface area contributed by atoms with Gasteiger partial charge in [0, 0.05) is 17.4 Å². The van der Waals surface area contributed by atoms with Gasteiger partial charge in [-0.2, -0.15) is 5.26 Å². The summed E-state index contributed by atoms with van der Waals surface area (Å²) in [5.41, 5.74) is 7.10. The Balaban J connectivity index is 2.07. The van der Waals surface area contributed by atoms with Crippen molar-refractivity contribution in [3.63, 3.8) is 0 Å². The minimum absolute atomic E-state index is 0.000218. The lowest BCUT2D eigenvalue weighted by Crippen LogP contribution is -2.32. The van der Waals surface area contributed by atoms with Crippen molar-refractivity contribution in [2.75, 3.05) is 22.9 Å². The first kappa shape index (κ1) is 15.8. The number of hydrogen-bond donors (Lipinski definition) is 1. The second-order valence-corrected chi connectivity index (χ2v) is 5.42. The molecule has 0 aliphatic rings. The largest absolute Gasteiger partial charge is 0.384 e. The number of nitrogens with zero attached hydrogens (tertiary/aromatic N) is 4. The van der Waals surface area contributed by atoms with Crippen LogP contribution in [0.25, 0.3) is 0 Å². The van der Waals surface area contributed by atoms with E-state index in [-0.39, 0.29) is 18.2 Å². The molecular weight excluding hydrogens is 298 g/mol. The van der Waals surface area contributed by atoms with E-state index in [2.05, 4.69) is 9.97 Å². The average Bonchev–Trinajstić information content (AvgIpc) is 2.50. The number of aryl methyl sites for hydroxylation is 1. The number of rotatable bonds is 5. The van der Waals surface area contributed by atoms with Gasteiger partial charge in [0.15, 0.2) is 5.16 Å². The predicted molar refractivity (Wildman–Crippen MR) is 86.3 cm³/mol. The van der Waals surface area contributed by atoms with Gasteiger partial charge >= 0.3 is 0 Å². The first-order valence-corrected chi connectivity index (χ1v) is 7.55. The van der Waals surface area contributed by atoms with Crippen LogP contribution in [-0.2, 0) is 4.79 Å². The number of hydrogen-bond acceptors (Lipinski definition) is 6. The summed E-state index contributed by atoms with van der Waals surface area (Å²) >= 11 is 1.20. The fourth-order valence-electron chi connectivity index (χ4n) is 1.84. The fraction of sp³-hybridized carbons (Fsp3) is 0.200. The van der Waals surface area contributed by atoms with Gasteiger partial charge in [-0.3, -0.25) is 9.69 Å². The second kappa shape index (κ2) is 7.43. The van der Waals surface area contributed by atoms with Gasteiger partial charge in [-0.1, -0.05) is 30.0 Å². The molecule has 112 valence electrons. The van der Waals surface area contributed by atoms with Crippen LogP contribution < -0.4 is 10.6 Å². The molecule has 2 N–H and O–H groups in total. The molecule has 6 nitrogen and oxygen atoms in total. The summed E-state index contributed by atoms with van der Waals surface area (Å²) < 4.78 is 0. The zero-order chi connectivity index (χ0) is 15.9. The van der Waals surface area contributed by atoms with E-state index in [1.54, 1.807) is 18.2 Å². The molecule has 0 bridgehead atoms.